The second-order valence-corrected chi connectivity index (χ2v) is 4.90. The highest BCUT2D eigenvalue weighted by Gasteiger charge is 2.21. The number of carbonyl (C=O) groups excluding carboxylic acids is 1. The van der Waals surface area contributed by atoms with Crippen molar-refractivity contribution in [2.45, 2.75) is 25.8 Å². The van der Waals surface area contributed by atoms with Gasteiger partial charge in [0.1, 0.15) is 5.82 Å². The van der Waals surface area contributed by atoms with Gasteiger partial charge in [-0.25, -0.2) is 4.39 Å². The lowest BCUT2D eigenvalue weighted by molar-refractivity contribution is -0.120. The Hall–Kier alpha value is -1.42. The molecule has 2 rings (SSSR count). The molecule has 1 aliphatic carbocycles. The van der Waals surface area contributed by atoms with Crippen molar-refractivity contribution in [3.63, 3.8) is 0 Å². The zero-order chi connectivity index (χ0) is 13.0. The summed E-state index contributed by atoms with van der Waals surface area (Å²) in [5.74, 6) is 0.479. The molecule has 1 atom stereocenters. The second-order valence-electron chi connectivity index (χ2n) is 4.90. The minimum atomic E-state index is -0.242. The first-order valence-corrected chi connectivity index (χ1v) is 6.40. The summed E-state index contributed by atoms with van der Waals surface area (Å²) < 4.78 is 12.8. The van der Waals surface area contributed by atoms with Gasteiger partial charge in [-0.3, -0.25) is 4.79 Å². The number of amides is 1. The molecule has 1 fully saturated rings. The quantitative estimate of drug-likeness (QED) is 0.811. The molecule has 2 N–H and O–H groups in total. The summed E-state index contributed by atoms with van der Waals surface area (Å²) in [5, 5.41) is 6.03. The summed E-state index contributed by atoms with van der Waals surface area (Å²) in [6.45, 7) is 3.05. The van der Waals surface area contributed by atoms with E-state index in [1.165, 1.54) is 25.0 Å². The molecule has 1 aromatic carbocycles. The van der Waals surface area contributed by atoms with E-state index in [0.717, 1.165) is 12.1 Å². The van der Waals surface area contributed by atoms with E-state index in [9.17, 15) is 9.18 Å². The molecule has 4 heteroatoms. The van der Waals surface area contributed by atoms with Gasteiger partial charge in [0.25, 0.3) is 0 Å². The van der Waals surface area contributed by atoms with Crippen molar-refractivity contribution in [3.05, 3.63) is 35.6 Å². The predicted molar refractivity (Wildman–Crippen MR) is 68.6 cm³/mol. The van der Waals surface area contributed by atoms with Crippen molar-refractivity contribution in [1.82, 2.24) is 10.6 Å². The van der Waals surface area contributed by atoms with Crippen LogP contribution in [0.1, 0.15) is 31.4 Å². The molecule has 0 radical (unpaired) electrons. The Morgan fingerprint density at radius 1 is 1.39 bits per heavy atom. The standard InChI is InChI=1S/C14H19FN2O/c1-10(12-4-6-13(15)7-5-12)16-9-14(18)17-8-11-2-3-11/h4-7,10-11,16H,2-3,8-9H2,1H3,(H,17,18)/t10-/m0/s1. The average Bonchev–Trinajstić information content (AvgIpc) is 3.18. The zero-order valence-corrected chi connectivity index (χ0v) is 10.6. The Labute approximate surface area is 107 Å². The first-order valence-electron chi connectivity index (χ1n) is 6.40. The Balaban J connectivity index is 1.71. The molecule has 0 bridgehead atoms. The van der Waals surface area contributed by atoms with Gasteiger partial charge in [-0.15, -0.1) is 0 Å². The van der Waals surface area contributed by atoms with E-state index in [1.54, 1.807) is 12.1 Å². The fourth-order valence-corrected chi connectivity index (χ4v) is 1.76. The van der Waals surface area contributed by atoms with Crippen molar-refractivity contribution in [2.24, 2.45) is 5.92 Å². The highest BCUT2D eigenvalue weighted by Crippen LogP contribution is 2.27. The number of hydrogen-bond donors (Lipinski definition) is 2. The molecule has 0 unspecified atom stereocenters. The summed E-state index contributed by atoms with van der Waals surface area (Å²) in [4.78, 5) is 11.5. The predicted octanol–water partition coefficient (Wildman–Crippen LogP) is 2.00. The Morgan fingerprint density at radius 2 is 2.06 bits per heavy atom. The van der Waals surface area contributed by atoms with Crippen LogP contribution in [0.15, 0.2) is 24.3 Å². The number of hydrogen-bond acceptors (Lipinski definition) is 2. The summed E-state index contributed by atoms with van der Waals surface area (Å²) in [6, 6.07) is 6.36. The van der Waals surface area contributed by atoms with Crippen LogP contribution >= 0.6 is 0 Å². The molecule has 0 spiro atoms. The molecule has 0 heterocycles. The van der Waals surface area contributed by atoms with E-state index >= 15 is 0 Å². The van der Waals surface area contributed by atoms with E-state index in [-0.39, 0.29) is 17.8 Å². The monoisotopic (exact) mass is 250 g/mol. The van der Waals surface area contributed by atoms with Gasteiger partial charge in [0, 0.05) is 12.6 Å². The third kappa shape index (κ3) is 4.11. The number of rotatable bonds is 6. The van der Waals surface area contributed by atoms with E-state index in [0.29, 0.717) is 12.5 Å². The lowest BCUT2D eigenvalue weighted by atomic mass is 10.1. The van der Waals surface area contributed by atoms with Crippen molar-refractivity contribution in [3.8, 4) is 0 Å². The van der Waals surface area contributed by atoms with E-state index < -0.39 is 0 Å². The Morgan fingerprint density at radius 3 is 2.67 bits per heavy atom. The van der Waals surface area contributed by atoms with E-state index in [2.05, 4.69) is 10.6 Å². The molecule has 1 saturated carbocycles. The third-order valence-corrected chi connectivity index (χ3v) is 3.22. The maximum atomic E-state index is 12.8. The van der Waals surface area contributed by atoms with Gasteiger partial charge in [-0.05, 0) is 43.4 Å². The molecule has 98 valence electrons. The second kappa shape index (κ2) is 5.96. The molecule has 1 aromatic rings. The van der Waals surface area contributed by atoms with Crippen LogP contribution < -0.4 is 10.6 Å². The Kier molecular flexibility index (Phi) is 4.31. The smallest absolute Gasteiger partial charge is 0.233 e. The Bertz CT molecular complexity index is 401. The summed E-state index contributed by atoms with van der Waals surface area (Å²) in [7, 11) is 0. The molecule has 0 aromatic heterocycles. The van der Waals surface area contributed by atoms with Gasteiger partial charge in [0.15, 0.2) is 0 Å². The molecule has 1 amide bonds. The van der Waals surface area contributed by atoms with Crippen molar-refractivity contribution in [2.75, 3.05) is 13.1 Å². The summed E-state index contributed by atoms with van der Waals surface area (Å²) >= 11 is 0. The summed E-state index contributed by atoms with van der Waals surface area (Å²) in [6.07, 6.45) is 2.47. The number of nitrogens with one attached hydrogen (secondary N) is 2. The number of carbonyl (C=O) groups is 1. The average molecular weight is 250 g/mol. The first-order chi connectivity index (χ1) is 8.65. The third-order valence-electron chi connectivity index (χ3n) is 3.22. The number of benzene rings is 1. The van der Waals surface area contributed by atoms with Gasteiger partial charge in [0.05, 0.1) is 6.54 Å². The zero-order valence-electron chi connectivity index (χ0n) is 10.6. The molecule has 0 saturated heterocycles. The van der Waals surface area contributed by atoms with Crippen LogP contribution in [0.2, 0.25) is 0 Å². The minimum absolute atomic E-state index is 0.0239. The fraction of sp³-hybridized carbons (Fsp3) is 0.500. The van der Waals surface area contributed by atoms with E-state index in [4.69, 9.17) is 0 Å². The van der Waals surface area contributed by atoms with Crippen molar-refractivity contribution >= 4 is 5.91 Å². The molecule has 1 aliphatic rings. The molecular formula is C14H19FN2O. The first kappa shape index (κ1) is 13.0. The molecule has 3 nitrogen and oxygen atoms in total. The van der Waals surface area contributed by atoms with Gasteiger partial charge in [-0.1, -0.05) is 12.1 Å². The van der Waals surface area contributed by atoms with Crippen LogP contribution in [0.25, 0.3) is 0 Å². The molecule has 0 aliphatic heterocycles. The highest BCUT2D eigenvalue weighted by atomic mass is 19.1. The lowest BCUT2D eigenvalue weighted by Gasteiger charge is -2.14. The summed E-state index contributed by atoms with van der Waals surface area (Å²) in [5.41, 5.74) is 0.978. The topological polar surface area (TPSA) is 41.1 Å². The van der Waals surface area contributed by atoms with Crippen LogP contribution in [0.4, 0.5) is 4.39 Å². The largest absolute Gasteiger partial charge is 0.355 e. The van der Waals surface area contributed by atoms with Crippen molar-refractivity contribution in [1.29, 1.82) is 0 Å². The van der Waals surface area contributed by atoms with Gasteiger partial charge in [-0.2, -0.15) is 0 Å². The van der Waals surface area contributed by atoms with Crippen molar-refractivity contribution < 1.29 is 9.18 Å². The maximum Gasteiger partial charge on any atom is 0.233 e. The van der Waals surface area contributed by atoms with Crippen LogP contribution in [-0.2, 0) is 4.79 Å². The number of halogens is 1. The van der Waals surface area contributed by atoms with Gasteiger partial charge in [0.2, 0.25) is 5.91 Å². The minimum Gasteiger partial charge on any atom is -0.355 e. The van der Waals surface area contributed by atoms with E-state index in [1.807, 2.05) is 6.92 Å². The van der Waals surface area contributed by atoms with Crippen LogP contribution in [0.3, 0.4) is 0 Å². The normalized spacial score (nSPS) is 16.3. The van der Waals surface area contributed by atoms with Gasteiger partial charge >= 0.3 is 0 Å². The highest BCUT2D eigenvalue weighted by molar-refractivity contribution is 5.78. The molecule has 18 heavy (non-hydrogen) atoms. The lowest BCUT2D eigenvalue weighted by Crippen LogP contribution is -2.36. The maximum absolute atomic E-state index is 12.8. The fourth-order valence-electron chi connectivity index (χ4n) is 1.76. The SMILES string of the molecule is C[C@H](NCC(=O)NCC1CC1)c1ccc(F)cc1. The van der Waals surface area contributed by atoms with Crippen LogP contribution in [-0.4, -0.2) is 19.0 Å². The van der Waals surface area contributed by atoms with Crippen LogP contribution in [0.5, 0.6) is 0 Å². The van der Waals surface area contributed by atoms with Gasteiger partial charge < -0.3 is 10.6 Å². The van der Waals surface area contributed by atoms with Crippen LogP contribution in [0, 0.1) is 11.7 Å². The molecular weight excluding hydrogens is 231 g/mol.